The third kappa shape index (κ3) is 13.3. The second-order valence-corrected chi connectivity index (χ2v) is 5.02. The highest BCUT2D eigenvalue weighted by Crippen LogP contribution is 2.16. The van der Waals surface area contributed by atoms with Gasteiger partial charge in [0.25, 0.3) is 0 Å². The van der Waals surface area contributed by atoms with E-state index in [1.807, 2.05) is 34.6 Å². The van der Waals surface area contributed by atoms with Crippen LogP contribution in [0.4, 0.5) is 4.39 Å². The molecule has 0 aromatic carbocycles. The summed E-state index contributed by atoms with van der Waals surface area (Å²) < 4.78 is 12.2. The van der Waals surface area contributed by atoms with Crippen molar-refractivity contribution in [1.82, 2.24) is 5.32 Å². The molecule has 0 aromatic rings. The van der Waals surface area contributed by atoms with E-state index in [-0.39, 0.29) is 17.9 Å². The quantitative estimate of drug-likeness (QED) is 0.792. The van der Waals surface area contributed by atoms with E-state index in [1.165, 1.54) is 6.92 Å². The summed E-state index contributed by atoms with van der Waals surface area (Å²) in [6, 6.07) is -0.0301. The molecule has 18 heavy (non-hydrogen) atoms. The normalized spacial score (nSPS) is 14.9. The van der Waals surface area contributed by atoms with E-state index in [0.717, 1.165) is 6.29 Å². The highest BCUT2D eigenvalue weighted by Gasteiger charge is 2.21. The van der Waals surface area contributed by atoms with Crippen LogP contribution in [-0.2, 0) is 9.59 Å². The number of hydrogen-bond donors (Lipinski definition) is 1. The first-order valence-electron chi connectivity index (χ1n) is 6.42. The van der Waals surface area contributed by atoms with Crippen molar-refractivity contribution < 1.29 is 14.0 Å². The molecular weight excluding hydrogens is 233 g/mol. The van der Waals surface area contributed by atoms with Gasteiger partial charge in [-0.3, -0.25) is 4.79 Å². The lowest BCUT2D eigenvalue weighted by atomic mass is 9.88. The summed E-state index contributed by atoms with van der Waals surface area (Å²) in [5.41, 5.74) is -1.56. The Kier molecular flexibility index (Phi) is 14.1. The fourth-order valence-corrected chi connectivity index (χ4v) is 0.789. The standard InChI is InChI=1S/C7H15NO.C5H9FO.C2H6/c1-7(2,3)6(5-9)8-4;1-3-5(2,6)4-7;1-2/h5-6,8H,1-4H3;4H,3H2,1-2H3;1-2H3. The van der Waals surface area contributed by atoms with Crippen LogP contribution in [0.5, 0.6) is 0 Å². The fraction of sp³-hybridized carbons (Fsp3) is 0.857. The lowest BCUT2D eigenvalue weighted by Gasteiger charge is -2.24. The molecule has 0 fully saturated rings. The highest BCUT2D eigenvalue weighted by molar-refractivity contribution is 5.61. The molecule has 0 amide bonds. The third-order valence-electron chi connectivity index (χ3n) is 2.32. The van der Waals surface area contributed by atoms with Gasteiger partial charge in [-0.1, -0.05) is 41.5 Å². The summed E-state index contributed by atoms with van der Waals surface area (Å²) in [5.74, 6) is 0. The molecule has 0 aliphatic rings. The molecule has 0 saturated carbocycles. The maximum atomic E-state index is 12.2. The monoisotopic (exact) mass is 263 g/mol. The Morgan fingerprint density at radius 1 is 1.17 bits per heavy atom. The van der Waals surface area contributed by atoms with Crippen LogP contribution < -0.4 is 5.32 Å². The van der Waals surface area contributed by atoms with E-state index >= 15 is 0 Å². The van der Waals surface area contributed by atoms with Gasteiger partial charge < -0.3 is 10.1 Å². The van der Waals surface area contributed by atoms with Gasteiger partial charge in [-0.05, 0) is 25.8 Å². The van der Waals surface area contributed by atoms with Crippen LogP contribution >= 0.6 is 0 Å². The predicted octanol–water partition coefficient (Wildman–Crippen LogP) is 3.17. The number of alkyl halides is 1. The number of rotatable bonds is 4. The topological polar surface area (TPSA) is 46.2 Å². The molecule has 110 valence electrons. The van der Waals surface area contributed by atoms with E-state index in [4.69, 9.17) is 0 Å². The molecule has 0 aliphatic heterocycles. The molecule has 0 rings (SSSR count). The van der Waals surface area contributed by atoms with Crippen molar-refractivity contribution in [2.24, 2.45) is 5.41 Å². The minimum atomic E-state index is -1.60. The summed E-state index contributed by atoms with van der Waals surface area (Å²) in [4.78, 5) is 20.0. The second kappa shape index (κ2) is 11.3. The van der Waals surface area contributed by atoms with Gasteiger partial charge in [0.05, 0.1) is 6.04 Å². The van der Waals surface area contributed by atoms with Crippen LogP contribution in [-0.4, -0.2) is 31.3 Å². The molecule has 1 N–H and O–H groups in total. The lowest BCUT2D eigenvalue weighted by Crippen LogP contribution is -2.39. The molecule has 0 bridgehead atoms. The van der Waals surface area contributed by atoms with Crippen molar-refractivity contribution in [1.29, 1.82) is 0 Å². The van der Waals surface area contributed by atoms with Gasteiger partial charge in [0.2, 0.25) is 0 Å². The molecule has 0 radical (unpaired) electrons. The van der Waals surface area contributed by atoms with Gasteiger partial charge in [0, 0.05) is 0 Å². The van der Waals surface area contributed by atoms with Gasteiger partial charge in [-0.2, -0.15) is 0 Å². The Hall–Kier alpha value is -0.770. The number of aldehydes is 2. The molecule has 0 aliphatic carbocycles. The Balaban J connectivity index is -0.000000225. The van der Waals surface area contributed by atoms with Crippen LogP contribution in [0.2, 0.25) is 0 Å². The molecule has 4 heteroatoms. The molecule has 2 atom stereocenters. The summed E-state index contributed by atoms with van der Waals surface area (Å²) >= 11 is 0. The van der Waals surface area contributed by atoms with Crippen molar-refractivity contribution in [3.8, 4) is 0 Å². The fourth-order valence-electron chi connectivity index (χ4n) is 0.789. The minimum absolute atomic E-state index is 0.0301. The molecule has 0 heterocycles. The predicted molar refractivity (Wildman–Crippen MR) is 75.6 cm³/mol. The molecule has 0 spiro atoms. The first kappa shape index (κ1) is 22.4. The van der Waals surface area contributed by atoms with Crippen molar-refractivity contribution in [3.63, 3.8) is 0 Å². The van der Waals surface area contributed by atoms with Crippen LogP contribution in [0, 0.1) is 5.41 Å². The van der Waals surface area contributed by atoms with Gasteiger partial charge >= 0.3 is 0 Å². The van der Waals surface area contributed by atoms with Crippen LogP contribution in [0.25, 0.3) is 0 Å². The van der Waals surface area contributed by atoms with Crippen molar-refractivity contribution in [3.05, 3.63) is 0 Å². The van der Waals surface area contributed by atoms with Crippen molar-refractivity contribution in [2.45, 2.75) is 66.6 Å². The summed E-state index contributed by atoms with van der Waals surface area (Å²) in [6.07, 6.45) is 1.53. The average molecular weight is 263 g/mol. The Labute approximate surface area is 112 Å². The smallest absolute Gasteiger partial charge is 0.162 e. The zero-order valence-corrected chi connectivity index (χ0v) is 13.1. The van der Waals surface area contributed by atoms with E-state index in [2.05, 4.69) is 5.32 Å². The summed E-state index contributed by atoms with van der Waals surface area (Å²) in [5, 5.41) is 2.92. The Morgan fingerprint density at radius 3 is 1.56 bits per heavy atom. The molecule has 0 aromatic heterocycles. The Morgan fingerprint density at radius 2 is 1.56 bits per heavy atom. The largest absolute Gasteiger partial charge is 0.310 e. The van der Waals surface area contributed by atoms with Crippen LogP contribution in [0.1, 0.15) is 54.9 Å². The number of halogens is 1. The molecule has 3 nitrogen and oxygen atoms in total. The molecular formula is C14H30FNO2. The first-order valence-corrected chi connectivity index (χ1v) is 6.42. The highest BCUT2D eigenvalue weighted by atomic mass is 19.1. The van der Waals surface area contributed by atoms with E-state index in [0.29, 0.717) is 6.29 Å². The summed E-state index contributed by atoms with van der Waals surface area (Å²) in [7, 11) is 1.80. The van der Waals surface area contributed by atoms with Crippen molar-refractivity contribution >= 4 is 12.6 Å². The zero-order valence-electron chi connectivity index (χ0n) is 13.1. The van der Waals surface area contributed by atoms with Gasteiger partial charge in [0.1, 0.15) is 6.29 Å². The first-order chi connectivity index (χ1) is 8.14. The summed E-state index contributed by atoms with van der Waals surface area (Å²) in [6.45, 7) is 13.0. The van der Waals surface area contributed by atoms with Gasteiger partial charge in [0.15, 0.2) is 12.0 Å². The molecule has 0 saturated heterocycles. The van der Waals surface area contributed by atoms with Gasteiger partial charge in [-0.25, -0.2) is 4.39 Å². The van der Waals surface area contributed by atoms with Gasteiger partial charge in [-0.15, -0.1) is 0 Å². The lowest BCUT2D eigenvalue weighted by molar-refractivity contribution is -0.117. The molecule has 2 unspecified atom stereocenters. The zero-order chi connectivity index (χ0) is 15.4. The third-order valence-corrected chi connectivity index (χ3v) is 2.32. The van der Waals surface area contributed by atoms with Crippen LogP contribution in [0.15, 0.2) is 0 Å². The van der Waals surface area contributed by atoms with E-state index < -0.39 is 5.67 Å². The minimum Gasteiger partial charge on any atom is -0.310 e. The van der Waals surface area contributed by atoms with Crippen LogP contribution in [0.3, 0.4) is 0 Å². The van der Waals surface area contributed by atoms with E-state index in [9.17, 15) is 14.0 Å². The number of carbonyl (C=O) groups excluding carboxylic acids is 2. The van der Waals surface area contributed by atoms with E-state index in [1.54, 1.807) is 14.0 Å². The number of hydrogen-bond acceptors (Lipinski definition) is 3. The number of likely N-dealkylation sites (N-methyl/N-ethyl adjacent to an activating group) is 1. The maximum absolute atomic E-state index is 12.2. The maximum Gasteiger partial charge on any atom is 0.162 e. The Bertz CT molecular complexity index is 210. The number of nitrogens with one attached hydrogen (secondary N) is 1. The average Bonchev–Trinajstić information content (AvgIpc) is 2.32. The SMILES string of the molecule is CC.CCC(C)(F)C=O.CNC(C=O)C(C)(C)C. The van der Waals surface area contributed by atoms with Crippen molar-refractivity contribution in [2.75, 3.05) is 7.05 Å². The second-order valence-electron chi connectivity index (χ2n) is 5.02. The number of carbonyl (C=O) groups is 2.